The molecule has 0 aromatic carbocycles. The van der Waals surface area contributed by atoms with Crippen molar-refractivity contribution < 1.29 is 9.90 Å². The van der Waals surface area contributed by atoms with Crippen LogP contribution in [0.1, 0.15) is 33.6 Å². The van der Waals surface area contributed by atoms with E-state index in [1.165, 1.54) is 0 Å². The molecule has 0 radical (unpaired) electrons. The zero-order valence-electron chi connectivity index (χ0n) is 10.4. The number of piperidine rings is 1. The quantitative estimate of drug-likeness (QED) is 0.662. The van der Waals surface area contributed by atoms with Crippen LogP contribution >= 0.6 is 0 Å². The zero-order chi connectivity index (χ0) is 11.9. The highest BCUT2D eigenvalue weighted by molar-refractivity contribution is 5.66. The summed E-state index contributed by atoms with van der Waals surface area (Å²) in [5.74, 6) is 0.523. The lowest BCUT2D eigenvalue weighted by Gasteiger charge is -2.47. The van der Waals surface area contributed by atoms with Crippen molar-refractivity contribution in [1.29, 1.82) is 0 Å². The predicted octanol–water partition coefficient (Wildman–Crippen LogP) is 1.76. The standard InChI is InChI=1S/C12H22N2O2/c1-12(2,3)10-5-4-8-6-13-7-9(8)14(10)11(15)16/h8-10,13H,4-7H2,1-3H3,(H,15,16)/t8-,9+,10?/m0/s1. The van der Waals surface area contributed by atoms with E-state index in [1.807, 2.05) is 0 Å². The number of rotatable bonds is 0. The van der Waals surface area contributed by atoms with Gasteiger partial charge in [0.25, 0.3) is 0 Å². The Bertz CT molecular complexity index is 285. The average molecular weight is 226 g/mol. The van der Waals surface area contributed by atoms with Crippen LogP contribution in [0.25, 0.3) is 0 Å². The minimum Gasteiger partial charge on any atom is -0.465 e. The Labute approximate surface area is 97.0 Å². The molecule has 4 heteroatoms. The Morgan fingerprint density at radius 2 is 2.00 bits per heavy atom. The van der Waals surface area contributed by atoms with Crippen LogP contribution in [0.4, 0.5) is 4.79 Å². The lowest BCUT2D eigenvalue weighted by atomic mass is 9.76. The predicted molar refractivity (Wildman–Crippen MR) is 62.5 cm³/mol. The lowest BCUT2D eigenvalue weighted by molar-refractivity contribution is 0.0148. The van der Waals surface area contributed by atoms with E-state index < -0.39 is 6.09 Å². The molecule has 2 fully saturated rings. The molecular weight excluding hydrogens is 204 g/mol. The Morgan fingerprint density at radius 3 is 2.56 bits per heavy atom. The molecule has 0 bridgehead atoms. The third-order valence-electron chi connectivity index (χ3n) is 4.03. The van der Waals surface area contributed by atoms with E-state index in [0.29, 0.717) is 5.92 Å². The highest BCUT2D eigenvalue weighted by atomic mass is 16.4. The number of likely N-dealkylation sites (tertiary alicyclic amines) is 1. The van der Waals surface area contributed by atoms with Crippen LogP contribution in [0.15, 0.2) is 0 Å². The second-order valence-electron chi connectivity index (χ2n) is 6.13. The molecule has 2 saturated heterocycles. The van der Waals surface area contributed by atoms with Gasteiger partial charge in [-0.25, -0.2) is 4.79 Å². The Morgan fingerprint density at radius 1 is 1.31 bits per heavy atom. The van der Waals surface area contributed by atoms with Crippen molar-refractivity contribution in [3.63, 3.8) is 0 Å². The monoisotopic (exact) mass is 226 g/mol. The summed E-state index contributed by atoms with van der Waals surface area (Å²) in [6.07, 6.45) is 1.40. The molecule has 2 heterocycles. The third kappa shape index (κ3) is 1.90. The van der Waals surface area contributed by atoms with Crippen LogP contribution in [0.5, 0.6) is 0 Å². The molecule has 0 aliphatic carbocycles. The summed E-state index contributed by atoms with van der Waals surface area (Å²) in [6, 6.07) is 0.349. The maximum Gasteiger partial charge on any atom is 0.407 e. The van der Waals surface area contributed by atoms with Crippen LogP contribution in [-0.4, -0.2) is 41.3 Å². The topological polar surface area (TPSA) is 52.6 Å². The third-order valence-corrected chi connectivity index (χ3v) is 4.03. The number of carboxylic acid groups (broad SMARTS) is 1. The van der Waals surface area contributed by atoms with Crippen molar-refractivity contribution >= 4 is 6.09 Å². The van der Waals surface area contributed by atoms with Gasteiger partial charge < -0.3 is 15.3 Å². The van der Waals surface area contributed by atoms with Gasteiger partial charge in [0.2, 0.25) is 0 Å². The SMILES string of the molecule is CC(C)(C)C1CC[C@H]2CNC[C@H]2N1C(=O)O. The summed E-state index contributed by atoms with van der Waals surface area (Å²) < 4.78 is 0. The summed E-state index contributed by atoms with van der Waals surface area (Å²) >= 11 is 0. The highest BCUT2D eigenvalue weighted by Crippen LogP contribution is 2.38. The first-order chi connectivity index (χ1) is 7.41. The zero-order valence-corrected chi connectivity index (χ0v) is 10.4. The molecule has 2 rings (SSSR count). The van der Waals surface area contributed by atoms with Crippen LogP contribution in [-0.2, 0) is 0 Å². The number of nitrogens with zero attached hydrogens (tertiary/aromatic N) is 1. The van der Waals surface area contributed by atoms with E-state index in [-0.39, 0.29) is 17.5 Å². The van der Waals surface area contributed by atoms with Gasteiger partial charge in [-0.1, -0.05) is 20.8 Å². The molecule has 1 unspecified atom stereocenters. The number of hydrogen-bond acceptors (Lipinski definition) is 2. The smallest absolute Gasteiger partial charge is 0.407 e. The first kappa shape index (κ1) is 11.7. The van der Waals surface area contributed by atoms with E-state index in [0.717, 1.165) is 25.9 Å². The fraction of sp³-hybridized carbons (Fsp3) is 0.917. The van der Waals surface area contributed by atoms with Gasteiger partial charge >= 0.3 is 6.09 Å². The van der Waals surface area contributed by atoms with Gasteiger partial charge in [-0.15, -0.1) is 0 Å². The molecule has 0 aromatic rings. The van der Waals surface area contributed by atoms with Crippen LogP contribution < -0.4 is 5.32 Å². The molecule has 16 heavy (non-hydrogen) atoms. The Hall–Kier alpha value is -0.770. The summed E-state index contributed by atoms with van der Waals surface area (Å²) in [5.41, 5.74) is 0.0337. The number of carbonyl (C=O) groups is 1. The minimum atomic E-state index is -0.752. The maximum atomic E-state index is 11.5. The molecule has 2 aliphatic heterocycles. The van der Waals surface area contributed by atoms with Crippen LogP contribution in [0.2, 0.25) is 0 Å². The molecule has 3 atom stereocenters. The number of amides is 1. The molecule has 0 spiro atoms. The van der Waals surface area contributed by atoms with Gasteiger partial charge in [0.1, 0.15) is 0 Å². The van der Waals surface area contributed by atoms with Gasteiger partial charge in [0, 0.05) is 19.1 Å². The lowest BCUT2D eigenvalue weighted by Crippen LogP contribution is -2.57. The normalized spacial score (nSPS) is 34.9. The van der Waals surface area contributed by atoms with Crippen molar-refractivity contribution in [3.05, 3.63) is 0 Å². The molecule has 2 N–H and O–H groups in total. The number of fused-ring (bicyclic) bond motifs is 1. The summed E-state index contributed by atoms with van der Waals surface area (Å²) in [6.45, 7) is 8.21. The second-order valence-corrected chi connectivity index (χ2v) is 6.13. The van der Waals surface area contributed by atoms with Crippen molar-refractivity contribution in [1.82, 2.24) is 10.2 Å². The van der Waals surface area contributed by atoms with Crippen molar-refractivity contribution in [2.24, 2.45) is 11.3 Å². The maximum absolute atomic E-state index is 11.5. The van der Waals surface area contributed by atoms with Gasteiger partial charge in [-0.2, -0.15) is 0 Å². The van der Waals surface area contributed by atoms with E-state index in [2.05, 4.69) is 26.1 Å². The van der Waals surface area contributed by atoms with Gasteiger partial charge in [0.05, 0.1) is 6.04 Å². The van der Waals surface area contributed by atoms with Gasteiger partial charge in [0.15, 0.2) is 0 Å². The van der Waals surface area contributed by atoms with E-state index >= 15 is 0 Å². The molecule has 92 valence electrons. The van der Waals surface area contributed by atoms with Gasteiger partial charge in [-0.05, 0) is 24.2 Å². The number of nitrogens with one attached hydrogen (secondary N) is 1. The molecule has 0 aromatic heterocycles. The van der Waals surface area contributed by atoms with Crippen LogP contribution in [0, 0.1) is 11.3 Å². The first-order valence-corrected chi connectivity index (χ1v) is 6.13. The summed E-state index contributed by atoms with van der Waals surface area (Å²) in [4.78, 5) is 13.2. The van der Waals surface area contributed by atoms with Gasteiger partial charge in [-0.3, -0.25) is 0 Å². The molecule has 1 amide bonds. The van der Waals surface area contributed by atoms with Crippen molar-refractivity contribution in [2.45, 2.75) is 45.7 Å². The summed E-state index contributed by atoms with van der Waals surface area (Å²) in [7, 11) is 0. The second kappa shape index (κ2) is 3.91. The Kier molecular flexibility index (Phi) is 2.86. The van der Waals surface area contributed by atoms with Crippen molar-refractivity contribution in [2.75, 3.05) is 13.1 Å². The first-order valence-electron chi connectivity index (χ1n) is 6.13. The molecule has 0 saturated carbocycles. The largest absolute Gasteiger partial charge is 0.465 e. The molecular formula is C12H22N2O2. The molecule has 4 nitrogen and oxygen atoms in total. The summed E-state index contributed by atoms with van der Waals surface area (Å²) in [5, 5.41) is 12.7. The highest BCUT2D eigenvalue weighted by Gasteiger charge is 2.46. The van der Waals surface area contributed by atoms with Crippen LogP contribution in [0.3, 0.4) is 0 Å². The van der Waals surface area contributed by atoms with Crippen molar-refractivity contribution in [3.8, 4) is 0 Å². The molecule has 2 aliphatic rings. The average Bonchev–Trinajstić information content (AvgIpc) is 2.61. The Balaban J connectivity index is 2.23. The fourth-order valence-corrected chi connectivity index (χ4v) is 3.21. The van der Waals surface area contributed by atoms with E-state index in [1.54, 1.807) is 4.90 Å². The van der Waals surface area contributed by atoms with E-state index in [9.17, 15) is 9.90 Å². The fourth-order valence-electron chi connectivity index (χ4n) is 3.21. The number of hydrogen-bond donors (Lipinski definition) is 2. The van der Waals surface area contributed by atoms with E-state index in [4.69, 9.17) is 0 Å². The minimum absolute atomic E-state index is 0.0337.